The molecule has 7 heteroatoms. The third-order valence-corrected chi connectivity index (χ3v) is 3.70. The first-order chi connectivity index (χ1) is 9.66. The Balaban J connectivity index is 2.11. The number of thiazole rings is 1. The van der Waals surface area contributed by atoms with Crippen molar-refractivity contribution in [2.45, 2.75) is 13.0 Å². The predicted octanol–water partition coefficient (Wildman–Crippen LogP) is 1.85. The van der Waals surface area contributed by atoms with Crippen molar-refractivity contribution in [3.63, 3.8) is 0 Å². The van der Waals surface area contributed by atoms with Crippen molar-refractivity contribution in [1.82, 2.24) is 15.2 Å². The summed E-state index contributed by atoms with van der Waals surface area (Å²) in [6.45, 7) is 1.95. The Hall–Kier alpha value is -2.41. The number of aromatic amines is 2. The topological polar surface area (TPSA) is 90.6 Å². The van der Waals surface area contributed by atoms with Gasteiger partial charge in [0.1, 0.15) is 0 Å². The number of fused-ring (bicyclic) bond motifs is 1. The summed E-state index contributed by atoms with van der Waals surface area (Å²) in [5, 5.41) is 10.6. The molecular weight excluding hydrogens is 276 g/mol. The van der Waals surface area contributed by atoms with E-state index in [0.717, 1.165) is 5.69 Å². The minimum atomic E-state index is -0.326. The third-order valence-electron chi connectivity index (χ3n) is 3.09. The highest BCUT2D eigenvalue weighted by molar-refractivity contribution is 7.07. The molecule has 0 spiro atoms. The van der Waals surface area contributed by atoms with Crippen LogP contribution in [-0.4, -0.2) is 15.2 Å². The molecule has 20 heavy (non-hydrogen) atoms. The Kier molecular flexibility index (Phi) is 3.11. The molecule has 0 aliphatic rings. The number of nitrogens with zero attached hydrogens (tertiary/aromatic N) is 1. The molecule has 0 radical (unpaired) electrons. The maximum Gasteiger partial charge on any atom is 0.272 e. The molecule has 1 aromatic carbocycles. The van der Waals surface area contributed by atoms with E-state index < -0.39 is 0 Å². The Morgan fingerprint density at radius 3 is 2.80 bits per heavy atom. The van der Waals surface area contributed by atoms with E-state index in [0.29, 0.717) is 16.5 Å². The van der Waals surface area contributed by atoms with E-state index in [1.807, 2.05) is 12.3 Å². The summed E-state index contributed by atoms with van der Waals surface area (Å²) < 4.78 is 0. The van der Waals surface area contributed by atoms with E-state index in [9.17, 15) is 9.59 Å². The van der Waals surface area contributed by atoms with Crippen molar-refractivity contribution in [1.29, 1.82) is 0 Å². The van der Waals surface area contributed by atoms with E-state index in [4.69, 9.17) is 0 Å². The van der Waals surface area contributed by atoms with E-state index in [-0.39, 0.29) is 17.2 Å². The summed E-state index contributed by atoms with van der Waals surface area (Å²) in [4.78, 5) is 27.9. The van der Waals surface area contributed by atoms with Gasteiger partial charge in [-0.05, 0) is 19.1 Å². The van der Waals surface area contributed by atoms with Crippen LogP contribution in [0.2, 0.25) is 0 Å². The van der Waals surface area contributed by atoms with Gasteiger partial charge in [-0.25, -0.2) is 4.98 Å². The number of benzene rings is 1. The van der Waals surface area contributed by atoms with E-state index >= 15 is 0 Å². The molecule has 3 aromatic rings. The van der Waals surface area contributed by atoms with Gasteiger partial charge in [0.15, 0.2) is 0 Å². The molecular formula is C13H12N4O2S. The van der Waals surface area contributed by atoms with Gasteiger partial charge in [-0.1, -0.05) is 6.07 Å². The molecule has 1 atom stereocenters. The van der Waals surface area contributed by atoms with Crippen LogP contribution in [0, 0.1) is 0 Å². The normalized spacial score (nSPS) is 12.4. The monoisotopic (exact) mass is 288 g/mol. The zero-order valence-corrected chi connectivity index (χ0v) is 11.5. The first-order valence-corrected chi connectivity index (χ1v) is 6.99. The molecule has 2 heterocycles. The fourth-order valence-corrected chi connectivity index (χ4v) is 2.74. The van der Waals surface area contributed by atoms with Crippen LogP contribution in [-0.2, 0) is 0 Å². The van der Waals surface area contributed by atoms with Crippen LogP contribution in [0.5, 0.6) is 0 Å². The Morgan fingerprint density at radius 1 is 1.25 bits per heavy atom. The molecule has 0 fully saturated rings. The average Bonchev–Trinajstić information content (AvgIpc) is 2.97. The second-order valence-electron chi connectivity index (χ2n) is 4.42. The summed E-state index contributed by atoms with van der Waals surface area (Å²) in [5.41, 5.74) is 2.63. The van der Waals surface area contributed by atoms with Gasteiger partial charge in [-0.15, -0.1) is 11.3 Å². The molecule has 3 rings (SSSR count). The van der Waals surface area contributed by atoms with Crippen molar-refractivity contribution in [2.75, 3.05) is 5.32 Å². The van der Waals surface area contributed by atoms with Crippen LogP contribution >= 0.6 is 11.3 Å². The van der Waals surface area contributed by atoms with Gasteiger partial charge in [0.05, 0.1) is 28.0 Å². The predicted molar refractivity (Wildman–Crippen MR) is 79.3 cm³/mol. The molecule has 102 valence electrons. The maximum atomic E-state index is 11.9. The average molecular weight is 288 g/mol. The molecule has 0 saturated carbocycles. The molecule has 0 saturated heterocycles. The standard InChI is InChI=1S/C13H12N4O2S/c1-7(10-5-20-6-14-10)15-9-4-2-3-8-11(9)13(19)17-16-12(8)18/h2-7,15H,1H3,(H,16,18)(H,17,19). The van der Waals surface area contributed by atoms with Crippen molar-refractivity contribution >= 4 is 27.8 Å². The second-order valence-corrected chi connectivity index (χ2v) is 5.13. The molecule has 0 amide bonds. The van der Waals surface area contributed by atoms with Crippen molar-refractivity contribution in [3.8, 4) is 0 Å². The number of hydrogen-bond acceptors (Lipinski definition) is 5. The fourth-order valence-electron chi connectivity index (χ4n) is 2.09. The van der Waals surface area contributed by atoms with E-state index in [1.54, 1.807) is 23.7 Å². The van der Waals surface area contributed by atoms with E-state index in [2.05, 4.69) is 20.5 Å². The lowest BCUT2D eigenvalue weighted by Gasteiger charge is -2.14. The summed E-state index contributed by atoms with van der Waals surface area (Å²) in [5.74, 6) is 0. The highest BCUT2D eigenvalue weighted by atomic mass is 32.1. The van der Waals surface area contributed by atoms with Crippen LogP contribution in [0.15, 0.2) is 38.7 Å². The minimum Gasteiger partial charge on any atom is -0.376 e. The number of nitrogens with one attached hydrogen (secondary N) is 3. The Bertz CT molecular complexity index is 851. The van der Waals surface area contributed by atoms with Gasteiger partial charge in [-0.3, -0.25) is 19.8 Å². The molecule has 1 unspecified atom stereocenters. The van der Waals surface area contributed by atoms with Gasteiger partial charge in [0, 0.05) is 11.1 Å². The SMILES string of the molecule is CC(Nc1cccc2c(=O)[nH][nH]c(=O)c12)c1cscn1. The van der Waals surface area contributed by atoms with Crippen LogP contribution in [0.1, 0.15) is 18.7 Å². The van der Waals surface area contributed by atoms with Crippen molar-refractivity contribution < 1.29 is 0 Å². The van der Waals surface area contributed by atoms with Gasteiger partial charge < -0.3 is 5.32 Å². The Labute approximate surface area is 117 Å². The molecule has 0 aliphatic carbocycles. The van der Waals surface area contributed by atoms with Gasteiger partial charge in [-0.2, -0.15) is 0 Å². The van der Waals surface area contributed by atoms with Crippen LogP contribution in [0.3, 0.4) is 0 Å². The van der Waals surface area contributed by atoms with Crippen LogP contribution in [0.4, 0.5) is 5.69 Å². The Morgan fingerprint density at radius 2 is 2.05 bits per heavy atom. The third kappa shape index (κ3) is 2.12. The quantitative estimate of drug-likeness (QED) is 0.686. The zero-order valence-electron chi connectivity index (χ0n) is 10.6. The summed E-state index contributed by atoms with van der Waals surface area (Å²) in [6, 6.07) is 5.10. The molecule has 0 aliphatic heterocycles. The largest absolute Gasteiger partial charge is 0.376 e. The second kappa shape index (κ2) is 4.93. The lowest BCUT2D eigenvalue weighted by atomic mass is 10.1. The zero-order chi connectivity index (χ0) is 14.1. The van der Waals surface area contributed by atoms with Crippen LogP contribution in [0.25, 0.3) is 10.8 Å². The smallest absolute Gasteiger partial charge is 0.272 e. The lowest BCUT2D eigenvalue weighted by molar-refractivity contribution is 0.851. The molecule has 3 N–H and O–H groups in total. The van der Waals surface area contributed by atoms with Crippen LogP contribution < -0.4 is 16.4 Å². The first-order valence-electron chi connectivity index (χ1n) is 6.05. The minimum absolute atomic E-state index is 0.0504. The number of H-pyrrole nitrogens is 2. The molecule has 6 nitrogen and oxygen atoms in total. The summed E-state index contributed by atoms with van der Waals surface area (Å²) in [6.07, 6.45) is 0. The van der Waals surface area contributed by atoms with Gasteiger partial charge in [0.2, 0.25) is 0 Å². The lowest BCUT2D eigenvalue weighted by Crippen LogP contribution is -2.20. The fraction of sp³-hybridized carbons (Fsp3) is 0.154. The van der Waals surface area contributed by atoms with Gasteiger partial charge in [0.25, 0.3) is 11.1 Å². The van der Waals surface area contributed by atoms with Crippen molar-refractivity contribution in [3.05, 3.63) is 55.5 Å². The number of aromatic nitrogens is 3. The van der Waals surface area contributed by atoms with Gasteiger partial charge >= 0.3 is 0 Å². The van der Waals surface area contributed by atoms with Crippen molar-refractivity contribution in [2.24, 2.45) is 0 Å². The maximum absolute atomic E-state index is 11.9. The number of anilines is 1. The summed E-state index contributed by atoms with van der Waals surface area (Å²) >= 11 is 1.51. The molecule has 0 bridgehead atoms. The molecule has 2 aromatic heterocycles. The number of hydrogen-bond donors (Lipinski definition) is 3. The summed E-state index contributed by atoms with van der Waals surface area (Å²) in [7, 11) is 0. The number of rotatable bonds is 3. The highest BCUT2D eigenvalue weighted by Gasteiger charge is 2.12. The first kappa shape index (κ1) is 12.6. The van der Waals surface area contributed by atoms with E-state index in [1.165, 1.54) is 11.3 Å². The highest BCUT2D eigenvalue weighted by Crippen LogP contribution is 2.23.